The van der Waals surface area contributed by atoms with E-state index in [0.717, 1.165) is 44.2 Å². The summed E-state index contributed by atoms with van der Waals surface area (Å²) in [6, 6.07) is 9.33. The molecule has 0 heterocycles. The zero-order valence-corrected chi connectivity index (χ0v) is 20.2. The third kappa shape index (κ3) is 9.86. The fourth-order valence-corrected chi connectivity index (χ4v) is 4.07. The zero-order valence-electron chi connectivity index (χ0n) is 20.2. The highest BCUT2D eigenvalue weighted by atomic mass is 16.6. The van der Waals surface area contributed by atoms with Crippen molar-refractivity contribution in [3.05, 3.63) is 35.9 Å². The van der Waals surface area contributed by atoms with Crippen molar-refractivity contribution < 1.29 is 19.1 Å². The number of ether oxygens (including phenoxy) is 2. The molecule has 0 aliphatic heterocycles. The van der Waals surface area contributed by atoms with Gasteiger partial charge in [-0.25, -0.2) is 4.79 Å². The van der Waals surface area contributed by atoms with E-state index in [-0.39, 0.29) is 11.9 Å². The number of nitrogens with one attached hydrogen (secondary N) is 1. The van der Waals surface area contributed by atoms with Gasteiger partial charge in [0.05, 0.1) is 0 Å². The Morgan fingerprint density at radius 3 is 2.00 bits per heavy atom. The Balaban J connectivity index is 1.82. The highest BCUT2D eigenvalue weighted by Crippen LogP contribution is 2.32. The molecule has 1 aliphatic carbocycles. The van der Waals surface area contributed by atoms with Gasteiger partial charge in [0.25, 0.3) is 0 Å². The van der Waals surface area contributed by atoms with Gasteiger partial charge in [0, 0.05) is 6.42 Å². The number of carbonyl (C=O) groups is 2. The molecule has 2 rings (SSSR count). The van der Waals surface area contributed by atoms with Crippen LogP contribution in [0.25, 0.3) is 0 Å². The summed E-state index contributed by atoms with van der Waals surface area (Å²) in [6.07, 6.45) is 5.87. The van der Waals surface area contributed by atoms with E-state index in [1.165, 1.54) is 0 Å². The minimum atomic E-state index is -0.516. The number of carbonyl (C=O) groups excluding carboxylic acids is 2. The highest BCUT2D eigenvalue weighted by molar-refractivity contribution is 5.78. The first-order valence-electron chi connectivity index (χ1n) is 11.7. The van der Waals surface area contributed by atoms with Crippen LogP contribution in [0.1, 0.15) is 91.7 Å². The molecule has 1 aliphatic rings. The van der Waals surface area contributed by atoms with Crippen molar-refractivity contribution in [2.24, 2.45) is 11.8 Å². The molecular formula is C26H41NO4. The number of benzene rings is 1. The average molecular weight is 432 g/mol. The molecule has 1 aromatic carbocycles. The second-order valence-electron chi connectivity index (χ2n) is 10.8. The molecule has 0 spiro atoms. The van der Waals surface area contributed by atoms with Crippen molar-refractivity contribution in [2.45, 2.75) is 97.3 Å². The van der Waals surface area contributed by atoms with Crippen LogP contribution >= 0.6 is 0 Å². The lowest BCUT2D eigenvalue weighted by Crippen LogP contribution is -2.37. The first-order valence-corrected chi connectivity index (χ1v) is 11.7. The number of esters is 2. The van der Waals surface area contributed by atoms with Crippen molar-refractivity contribution in [1.82, 2.24) is 5.32 Å². The minimum Gasteiger partial charge on any atom is -0.460 e. The van der Waals surface area contributed by atoms with Gasteiger partial charge in [-0.05, 0) is 84.7 Å². The van der Waals surface area contributed by atoms with Gasteiger partial charge in [0.2, 0.25) is 0 Å². The average Bonchev–Trinajstić information content (AvgIpc) is 2.65. The molecule has 174 valence electrons. The number of rotatable bonds is 8. The summed E-state index contributed by atoms with van der Waals surface area (Å²) >= 11 is 0. The van der Waals surface area contributed by atoms with E-state index in [0.29, 0.717) is 18.3 Å². The lowest BCUT2D eigenvalue weighted by molar-refractivity contribution is -0.158. The van der Waals surface area contributed by atoms with Crippen LogP contribution in [0.2, 0.25) is 0 Å². The van der Waals surface area contributed by atoms with Gasteiger partial charge < -0.3 is 14.8 Å². The van der Waals surface area contributed by atoms with Gasteiger partial charge in [0.15, 0.2) is 0 Å². The summed E-state index contributed by atoms with van der Waals surface area (Å²) in [7, 11) is 0. The van der Waals surface area contributed by atoms with E-state index >= 15 is 0 Å². The molecule has 0 amide bonds. The molecule has 1 aromatic rings. The van der Waals surface area contributed by atoms with E-state index in [9.17, 15) is 9.59 Å². The molecule has 0 saturated heterocycles. The Hall–Kier alpha value is -1.88. The van der Waals surface area contributed by atoms with Crippen LogP contribution in [0.15, 0.2) is 30.3 Å². The molecule has 0 radical (unpaired) electrons. The second-order valence-corrected chi connectivity index (χ2v) is 10.8. The molecule has 1 fully saturated rings. The molecule has 5 nitrogen and oxygen atoms in total. The fourth-order valence-electron chi connectivity index (χ4n) is 4.07. The van der Waals surface area contributed by atoms with Crippen LogP contribution in [0.3, 0.4) is 0 Å². The molecule has 1 saturated carbocycles. The summed E-state index contributed by atoms with van der Waals surface area (Å²) in [4.78, 5) is 24.8. The van der Waals surface area contributed by atoms with Crippen LogP contribution in [0.5, 0.6) is 0 Å². The quantitative estimate of drug-likeness (QED) is 0.544. The van der Waals surface area contributed by atoms with Gasteiger partial charge in [-0.15, -0.1) is 0 Å². The summed E-state index contributed by atoms with van der Waals surface area (Å²) in [5.41, 5.74) is 0.00441. The van der Waals surface area contributed by atoms with E-state index in [1.54, 1.807) is 0 Å². The SMILES string of the molecule is CC(C)(C)OC(=O)CCC1CCC(CN[C@H](C(=O)OC(C)(C)C)c2ccccc2)CC1. The topological polar surface area (TPSA) is 64.6 Å². The maximum absolute atomic E-state index is 12.8. The standard InChI is InChI=1S/C26H41NO4/c1-25(2,3)30-22(28)17-16-19-12-14-20(15-13-19)18-27-23(21-10-8-7-9-11-21)24(29)31-26(4,5)6/h7-11,19-20,23,27H,12-18H2,1-6H3/t19?,20?,23-/m0/s1. The molecule has 31 heavy (non-hydrogen) atoms. The van der Waals surface area contributed by atoms with Crippen LogP contribution in [-0.2, 0) is 19.1 Å². The number of hydrogen-bond acceptors (Lipinski definition) is 5. The van der Waals surface area contributed by atoms with Crippen molar-refractivity contribution in [3.63, 3.8) is 0 Å². The van der Waals surface area contributed by atoms with Crippen LogP contribution < -0.4 is 5.32 Å². The molecule has 0 bridgehead atoms. The monoisotopic (exact) mass is 431 g/mol. The van der Waals surface area contributed by atoms with E-state index in [4.69, 9.17) is 9.47 Å². The minimum absolute atomic E-state index is 0.0978. The summed E-state index contributed by atoms with van der Waals surface area (Å²) < 4.78 is 11.1. The van der Waals surface area contributed by atoms with Gasteiger partial charge in [-0.3, -0.25) is 4.79 Å². The Morgan fingerprint density at radius 1 is 0.903 bits per heavy atom. The Bertz CT molecular complexity index is 694. The van der Waals surface area contributed by atoms with E-state index in [1.807, 2.05) is 71.9 Å². The van der Waals surface area contributed by atoms with Gasteiger partial charge in [-0.2, -0.15) is 0 Å². The number of hydrogen-bond donors (Lipinski definition) is 1. The molecule has 5 heteroatoms. The Kier molecular flexibility index (Phi) is 9.11. The lowest BCUT2D eigenvalue weighted by atomic mass is 9.80. The fraction of sp³-hybridized carbons (Fsp3) is 0.692. The smallest absolute Gasteiger partial charge is 0.328 e. The van der Waals surface area contributed by atoms with Gasteiger partial charge >= 0.3 is 11.9 Å². The van der Waals surface area contributed by atoms with Crippen molar-refractivity contribution in [1.29, 1.82) is 0 Å². The largest absolute Gasteiger partial charge is 0.460 e. The zero-order chi connectivity index (χ0) is 23.1. The summed E-state index contributed by atoms with van der Waals surface area (Å²) in [5.74, 6) is 0.787. The van der Waals surface area contributed by atoms with Gasteiger partial charge in [0.1, 0.15) is 17.2 Å². The second kappa shape index (κ2) is 11.1. The van der Waals surface area contributed by atoms with Crippen LogP contribution in [0, 0.1) is 11.8 Å². The molecule has 0 unspecified atom stereocenters. The van der Waals surface area contributed by atoms with E-state index < -0.39 is 17.2 Å². The first-order chi connectivity index (χ1) is 14.4. The molecule has 1 atom stereocenters. The van der Waals surface area contributed by atoms with Gasteiger partial charge in [-0.1, -0.05) is 43.2 Å². The normalized spacial score (nSPS) is 20.7. The third-order valence-electron chi connectivity index (χ3n) is 5.53. The highest BCUT2D eigenvalue weighted by Gasteiger charge is 2.28. The molecule has 1 N–H and O–H groups in total. The molecule has 0 aromatic heterocycles. The van der Waals surface area contributed by atoms with Crippen molar-refractivity contribution in [3.8, 4) is 0 Å². The van der Waals surface area contributed by atoms with Crippen LogP contribution in [0.4, 0.5) is 0 Å². The third-order valence-corrected chi connectivity index (χ3v) is 5.53. The maximum Gasteiger partial charge on any atom is 0.328 e. The predicted octanol–water partition coefficient (Wildman–Crippen LogP) is 5.59. The molecular weight excluding hydrogens is 390 g/mol. The van der Waals surface area contributed by atoms with Crippen molar-refractivity contribution >= 4 is 11.9 Å². The summed E-state index contributed by atoms with van der Waals surface area (Å²) in [5, 5.41) is 3.47. The predicted molar refractivity (Wildman–Crippen MR) is 124 cm³/mol. The Morgan fingerprint density at radius 2 is 1.45 bits per heavy atom. The van der Waals surface area contributed by atoms with Crippen LogP contribution in [-0.4, -0.2) is 29.7 Å². The Labute approximate surface area is 188 Å². The summed E-state index contributed by atoms with van der Waals surface area (Å²) in [6.45, 7) is 12.2. The lowest BCUT2D eigenvalue weighted by Gasteiger charge is -2.30. The van der Waals surface area contributed by atoms with E-state index in [2.05, 4.69) is 5.32 Å². The first kappa shape index (κ1) is 25.4. The van der Waals surface area contributed by atoms with Crippen molar-refractivity contribution in [2.75, 3.05) is 6.54 Å². The maximum atomic E-state index is 12.8.